The van der Waals surface area contributed by atoms with Crippen molar-refractivity contribution in [2.75, 3.05) is 24.9 Å². The summed E-state index contributed by atoms with van der Waals surface area (Å²) in [5, 5.41) is 21.0. The SMILES string of the molecule is COc1cc(NC(=O)[C@@H](Cc2ccccc2)Nc2cc(N=O)c3ccccc3c2O)cc(OC)c1. The maximum atomic E-state index is 13.4. The number of nitroso groups, excluding NO2 is 1. The average molecular weight is 472 g/mol. The second kappa shape index (κ2) is 10.6. The molecule has 0 aliphatic heterocycles. The molecule has 35 heavy (non-hydrogen) atoms. The number of phenols is 1. The Morgan fingerprint density at radius 2 is 1.54 bits per heavy atom. The van der Waals surface area contributed by atoms with Gasteiger partial charge in [0, 0.05) is 41.1 Å². The standard InChI is InChI=1S/C27H25N3O5/c1-34-19-13-18(14-20(15-19)35-2)28-27(32)25(12-17-8-4-3-5-9-17)29-24-16-23(30-33)21-10-6-7-11-22(21)26(24)31/h3-11,13-16,25,29,31H,12H2,1-2H3,(H,28,32)/t25-/m1/s1. The molecule has 178 valence electrons. The van der Waals surface area contributed by atoms with Gasteiger partial charge in [-0.2, -0.15) is 0 Å². The van der Waals surface area contributed by atoms with Crippen LogP contribution in [0, 0.1) is 4.91 Å². The van der Waals surface area contributed by atoms with Gasteiger partial charge in [-0.15, -0.1) is 4.91 Å². The molecule has 0 aromatic heterocycles. The summed E-state index contributed by atoms with van der Waals surface area (Å²) in [5.41, 5.74) is 1.80. The third-order valence-corrected chi connectivity index (χ3v) is 5.64. The summed E-state index contributed by atoms with van der Waals surface area (Å²) in [6.45, 7) is 0. The lowest BCUT2D eigenvalue weighted by Gasteiger charge is -2.21. The number of amides is 1. The van der Waals surface area contributed by atoms with E-state index in [1.54, 1.807) is 42.5 Å². The third kappa shape index (κ3) is 5.33. The lowest BCUT2D eigenvalue weighted by molar-refractivity contribution is -0.116. The zero-order valence-electron chi connectivity index (χ0n) is 19.3. The van der Waals surface area contributed by atoms with E-state index in [0.29, 0.717) is 34.4 Å². The van der Waals surface area contributed by atoms with E-state index in [2.05, 4.69) is 15.8 Å². The maximum absolute atomic E-state index is 13.4. The Balaban J connectivity index is 1.69. The number of ether oxygens (including phenoxy) is 2. The molecule has 4 aromatic carbocycles. The summed E-state index contributed by atoms with van der Waals surface area (Å²) in [5.74, 6) is 0.640. The summed E-state index contributed by atoms with van der Waals surface area (Å²) in [6, 6.07) is 22.1. The molecule has 0 radical (unpaired) electrons. The molecule has 0 aliphatic rings. The Hall–Kier alpha value is -4.59. The monoisotopic (exact) mass is 471 g/mol. The predicted molar refractivity (Wildman–Crippen MR) is 137 cm³/mol. The van der Waals surface area contributed by atoms with Crippen LogP contribution in [0.1, 0.15) is 5.56 Å². The van der Waals surface area contributed by atoms with Crippen LogP contribution < -0.4 is 20.1 Å². The van der Waals surface area contributed by atoms with Gasteiger partial charge in [0.2, 0.25) is 5.91 Å². The number of carbonyl (C=O) groups is 1. The Labute approximate surface area is 202 Å². The minimum absolute atomic E-state index is 0.0677. The summed E-state index contributed by atoms with van der Waals surface area (Å²) in [6.07, 6.45) is 0.323. The molecule has 4 rings (SSSR count). The molecule has 0 fully saturated rings. The molecule has 3 N–H and O–H groups in total. The minimum Gasteiger partial charge on any atom is -0.505 e. The van der Waals surface area contributed by atoms with Crippen molar-refractivity contribution in [2.45, 2.75) is 12.5 Å². The van der Waals surface area contributed by atoms with Crippen LogP contribution >= 0.6 is 0 Å². The number of nitrogens with zero attached hydrogens (tertiary/aromatic N) is 1. The van der Waals surface area contributed by atoms with E-state index in [1.807, 2.05) is 30.3 Å². The zero-order valence-corrected chi connectivity index (χ0v) is 19.3. The number of hydrogen-bond acceptors (Lipinski definition) is 7. The highest BCUT2D eigenvalue weighted by Gasteiger charge is 2.22. The summed E-state index contributed by atoms with van der Waals surface area (Å²) in [7, 11) is 3.06. The van der Waals surface area contributed by atoms with E-state index < -0.39 is 6.04 Å². The van der Waals surface area contributed by atoms with Gasteiger partial charge >= 0.3 is 0 Å². The van der Waals surface area contributed by atoms with Crippen molar-refractivity contribution >= 4 is 33.7 Å². The Kier molecular flexibility index (Phi) is 7.11. The van der Waals surface area contributed by atoms with Gasteiger partial charge in [0.15, 0.2) is 0 Å². The Morgan fingerprint density at radius 1 is 0.914 bits per heavy atom. The largest absolute Gasteiger partial charge is 0.505 e. The number of benzene rings is 4. The van der Waals surface area contributed by atoms with Crippen LogP contribution in [0.3, 0.4) is 0 Å². The van der Waals surface area contributed by atoms with Crippen molar-refractivity contribution in [1.82, 2.24) is 0 Å². The van der Waals surface area contributed by atoms with Gasteiger partial charge in [-0.25, -0.2) is 0 Å². The number of hydrogen-bond donors (Lipinski definition) is 3. The van der Waals surface area contributed by atoms with E-state index >= 15 is 0 Å². The molecule has 0 spiro atoms. The molecule has 8 nitrogen and oxygen atoms in total. The quantitative estimate of drug-likeness (QED) is 0.216. The number of rotatable bonds is 9. The second-order valence-electron chi connectivity index (χ2n) is 7.91. The average Bonchev–Trinajstić information content (AvgIpc) is 2.90. The fourth-order valence-corrected chi connectivity index (χ4v) is 3.88. The first kappa shape index (κ1) is 23.6. The molecule has 0 bridgehead atoms. The lowest BCUT2D eigenvalue weighted by atomic mass is 10.0. The second-order valence-corrected chi connectivity index (χ2v) is 7.91. The summed E-state index contributed by atoms with van der Waals surface area (Å²) < 4.78 is 10.6. The zero-order chi connectivity index (χ0) is 24.8. The van der Waals surface area contributed by atoms with Gasteiger partial charge in [0.25, 0.3) is 0 Å². The molecule has 8 heteroatoms. The van der Waals surface area contributed by atoms with Gasteiger partial charge in [-0.05, 0) is 16.8 Å². The number of methoxy groups -OCH3 is 2. The van der Waals surface area contributed by atoms with Crippen LogP contribution in [-0.4, -0.2) is 31.3 Å². The van der Waals surface area contributed by atoms with Crippen LogP contribution in [0.2, 0.25) is 0 Å². The first-order valence-electron chi connectivity index (χ1n) is 10.9. The highest BCUT2D eigenvalue weighted by Crippen LogP contribution is 2.39. The fraction of sp³-hybridized carbons (Fsp3) is 0.148. The topological polar surface area (TPSA) is 109 Å². The first-order valence-corrected chi connectivity index (χ1v) is 10.9. The van der Waals surface area contributed by atoms with E-state index in [9.17, 15) is 14.8 Å². The molecular weight excluding hydrogens is 446 g/mol. The molecule has 1 amide bonds. The van der Waals surface area contributed by atoms with Crippen LogP contribution in [0.15, 0.2) is 84.0 Å². The summed E-state index contributed by atoms with van der Waals surface area (Å²) >= 11 is 0. The Morgan fingerprint density at radius 3 is 2.17 bits per heavy atom. The van der Waals surface area contributed by atoms with Gasteiger partial charge < -0.3 is 25.2 Å². The Bertz CT molecular complexity index is 1340. The number of phenolic OH excluding ortho intramolecular Hbond substituents is 1. The van der Waals surface area contributed by atoms with E-state index in [1.165, 1.54) is 20.3 Å². The van der Waals surface area contributed by atoms with Gasteiger partial charge in [-0.1, -0.05) is 54.6 Å². The van der Waals surface area contributed by atoms with E-state index in [-0.39, 0.29) is 23.0 Å². The third-order valence-electron chi connectivity index (χ3n) is 5.64. The molecule has 0 unspecified atom stereocenters. The van der Waals surface area contributed by atoms with E-state index in [0.717, 1.165) is 5.56 Å². The molecule has 1 atom stereocenters. The maximum Gasteiger partial charge on any atom is 0.247 e. The predicted octanol–water partition coefficient (Wildman–Crippen LogP) is 5.62. The van der Waals surface area contributed by atoms with Crippen LogP contribution in [0.5, 0.6) is 17.2 Å². The molecular formula is C27H25N3O5. The normalized spacial score (nSPS) is 11.5. The van der Waals surface area contributed by atoms with Crippen molar-refractivity contribution in [3.05, 3.63) is 89.3 Å². The van der Waals surface area contributed by atoms with Gasteiger partial charge in [-0.3, -0.25) is 4.79 Å². The van der Waals surface area contributed by atoms with Crippen molar-refractivity contribution in [1.29, 1.82) is 0 Å². The van der Waals surface area contributed by atoms with Gasteiger partial charge in [0.05, 0.1) is 19.9 Å². The number of carbonyl (C=O) groups excluding carboxylic acids is 1. The fourth-order valence-electron chi connectivity index (χ4n) is 3.88. The van der Waals surface area contributed by atoms with Crippen LogP contribution in [0.4, 0.5) is 17.1 Å². The molecule has 0 heterocycles. The minimum atomic E-state index is -0.791. The molecule has 0 saturated carbocycles. The number of aromatic hydroxyl groups is 1. The van der Waals surface area contributed by atoms with Crippen LogP contribution in [-0.2, 0) is 11.2 Å². The smallest absolute Gasteiger partial charge is 0.247 e. The van der Waals surface area contributed by atoms with E-state index in [4.69, 9.17) is 9.47 Å². The number of nitrogens with one attached hydrogen (secondary N) is 2. The lowest BCUT2D eigenvalue weighted by Crippen LogP contribution is -2.36. The molecule has 0 aliphatic carbocycles. The molecule has 4 aromatic rings. The highest BCUT2D eigenvalue weighted by molar-refractivity contribution is 6.02. The van der Waals surface area contributed by atoms with Crippen LogP contribution in [0.25, 0.3) is 10.8 Å². The van der Waals surface area contributed by atoms with Crippen molar-refractivity contribution in [2.24, 2.45) is 5.18 Å². The van der Waals surface area contributed by atoms with Gasteiger partial charge in [0.1, 0.15) is 29.0 Å². The number of fused-ring (bicyclic) bond motifs is 1. The number of anilines is 2. The van der Waals surface area contributed by atoms with Crippen molar-refractivity contribution in [3.8, 4) is 17.2 Å². The van der Waals surface area contributed by atoms with Crippen molar-refractivity contribution in [3.63, 3.8) is 0 Å². The first-order chi connectivity index (χ1) is 17.0. The highest BCUT2D eigenvalue weighted by atomic mass is 16.5. The summed E-state index contributed by atoms with van der Waals surface area (Å²) in [4.78, 5) is 24.9. The van der Waals surface area contributed by atoms with Crippen molar-refractivity contribution < 1.29 is 19.4 Å². The molecule has 0 saturated heterocycles.